The molecule has 1 amide bonds. The third-order valence-electron chi connectivity index (χ3n) is 15.1. The molecule has 2 nitrogen and oxygen atoms in total. The molecule has 0 spiro atoms. The van der Waals surface area contributed by atoms with Crippen LogP contribution in [0.3, 0.4) is 0 Å². The minimum atomic E-state index is 0.0166. The number of carbonyl (C=O) groups excluding carboxylic acids is 1. The van der Waals surface area contributed by atoms with Gasteiger partial charge in [0.2, 0.25) is 5.91 Å². The van der Waals surface area contributed by atoms with E-state index in [1.165, 1.54) is 66.8 Å². The number of rotatable bonds is 7. The molecule has 1 fully saturated rings. The number of carbonyl (C=O) groups is 1. The number of hydrogen-bond acceptors (Lipinski definition) is 1. The minimum Gasteiger partial charge on any atom is -0.312 e. The zero-order chi connectivity index (χ0) is 52.5. The van der Waals surface area contributed by atoms with E-state index in [2.05, 4.69) is 264 Å². The van der Waals surface area contributed by atoms with Crippen molar-refractivity contribution in [2.75, 3.05) is 11.4 Å². The van der Waals surface area contributed by atoms with Crippen LogP contribution in [0, 0.1) is 0 Å². The molecule has 1 aliphatic rings. The molecule has 374 valence electrons. The molecule has 1 aliphatic heterocycles. The molecule has 1 heterocycles. The van der Waals surface area contributed by atoms with Crippen LogP contribution in [0.15, 0.2) is 140 Å². The summed E-state index contributed by atoms with van der Waals surface area (Å²) in [6.45, 7) is 42.1. The summed E-state index contributed by atoms with van der Waals surface area (Å²) in [4.78, 5) is 15.9. The largest absolute Gasteiger partial charge is 0.312 e. The smallest absolute Gasteiger partial charge is 0.227 e. The van der Waals surface area contributed by atoms with E-state index in [-0.39, 0.29) is 38.4 Å². The molecule has 0 radical (unpaired) electrons. The number of anilines is 1. The van der Waals surface area contributed by atoms with Crippen molar-refractivity contribution < 1.29 is 4.79 Å². The third-order valence-corrected chi connectivity index (χ3v) is 15.1. The van der Waals surface area contributed by atoms with Crippen molar-refractivity contribution in [3.05, 3.63) is 173 Å². The standard InChI is InChI=1S/C70H83NO/c1-65(2,3)54-34-51(35-55(40-54)66(4,5)6)45-21-27-48(28-22-45)60-43-62(50-31-25-47(26-32-50)53-38-58(69(13,14)15)42-59(39-53)70(16,17)18)63(71-33-19-20-64(71)72)44-61(60)49-29-23-46(24-30-49)52-36-56(67(7,8)9)41-57(37-52)68(10,11)12/h21-32,34-44H,19-20,33H2,1-18H3. The van der Waals surface area contributed by atoms with Crippen molar-refractivity contribution in [2.45, 2.75) is 170 Å². The fourth-order valence-electron chi connectivity index (χ4n) is 9.93. The Morgan fingerprint density at radius 2 is 0.542 bits per heavy atom. The van der Waals surface area contributed by atoms with E-state index in [1.54, 1.807) is 0 Å². The van der Waals surface area contributed by atoms with Crippen LogP contribution in [0.4, 0.5) is 5.69 Å². The fourth-order valence-corrected chi connectivity index (χ4v) is 9.93. The Morgan fingerprint density at radius 3 is 0.792 bits per heavy atom. The molecule has 0 N–H and O–H groups in total. The minimum absolute atomic E-state index is 0.0166. The third kappa shape index (κ3) is 11.3. The molecule has 0 unspecified atom stereocenters. The topological polar surface area (TPSA) is 20.3 Å². The highest BCUT2D eigenvalue weighted by molar-refractivity contribution is 6.03. The van der Waals surface area contributed by atoms with Crippen molar-refractivity contribution in [1.82, 2.24) is 0 Å². The number of amides is 1. The summed E-state index contributed by atoms with van der Waals surface area (Å²) in [6, 6.07) is 53.6. The summed E-state index contributed by atoms with van der Waals surface area (Å²) in [7, 11) is 0. The van der Waals surface area contributed by atoms with Crippen molar-refractivity contribution in [1.29, 1.82) is 0 Å². The Hall–Kier alpha value is -5.99. The predicted octanol–water partition coefficient (Wildman–Crippen LogP) is 19.6. The first-order valence-electron chi connectivity index (χ1n) is 26.6. The maximum Gasteiger partial charge on any atom is 0.227 e. The Morgan fingerprint density at radius 1 is 0.292 bits per heavy atom. The van der Waals surface area contributed by atoms with Gasteiger partial charge in [-0.3, -0.25) is 4.79 Å². The van der Waals surface area contributed by atoms with Crippen LogP contribution in [0.25, 0.3) is 66.8 Å². The summed E-state index contributed by atoms with van der Waals surface area (Å²) in [5.74, 6) is 0.181. The van der Waals surface area contributed by atoms with Crippen LogP contribution in [0.1, 0.15) is 171 Å². The van der Waals surface area contributed by atoms with Gasteiger partial charge in [0.05, 0.1) is 5.69 Å². The predicted molar refractivity (Wildman–Crippen MR) is 313 cm³/mol. The molecular formula is C70H83NO. The SMILES string of the molecule is CC(C)(C)c1cc(-c2ccc(-c3cc(-c4ccc(-c5cc(C(C)(C)C)cc(C(C)(C)C)c5)cc4)c(N4CCCC4=O)cc3-c3ccc(-c4cc(C(C)(C)C)cc(C(C)(C)C)c4)cc3)cc2)cc(C(C)(C)C)c1. The zero-order valence-corrected chi connectivity index (χ0v) is 47.3. The van der Waals surface area contributed by atoms with Gasteiger partial charge >= 0.3 is 0 Å². The van der Waals surface area contributed by atoms with E-state index >= 15 is 0 Å². The lowest BCUT2D eigenvalue weighted by Gasteiger charge is -2.27. The average Bonchev–Trinajstić information content (AvgIpc) is 3.74. The molecule has 1 saturated heterocycles. The molecule has 0 bridgehead atoms. The number of hydrogen-bond donors (Lipinski definition) is 0. The molecule has 0 atom stereocenters. The monoisotopic (exact) mass is 954 g/mol. The molecule has 2 heteroatoms. The van der Waals surface area contributed by atoms with Crippen LogP contribution >= 0.6 is 0 Å². The summed E-state index contributed by atoms with van der Waals surface area (Å²) in [5, 5.41) is 0. The van der Waals surface area contributed by atoms with Crippen LogP contribution in [0.2, 0.25) is 0 Å². The summed E-state index contributed by atoms with van der Waals surface area (Å²) >= 11 is 0. The zero-order valence-electron chi connectivity index (χ0n) is 47.3. The molecule has 72 heavy (non-hydrogen) atoms. The second-order valence-corrected chi connectivity index (χ2v) is 27.2. The fraction of sp³-hybridized carbons (Fsp3) is 0.386. The summed E-state index contributed by atoms with van der Waals surface area (Å²) < 4.78 is 0. The summed E-state index contributed by atoms with van der Waals surface area (Å²) in [6.07, 6.45) is 1.41. The summed E-state index contributed by atoms with van der Waals surface area (Å²) in [5.41, 5.74) is 23.1. The molecule has 0 saturated carbocycles. The Bertz CT molecular complexity index is 3020. The van der Waals surface area contributed by atoms with Gasteiger partial charge in [-0.25, -0.2) is 0 Å². The van der Waals surface area contributed by atoms with Crippen molar-refractivity contribution in [3.8, 4) is 66.8 Å². The molecular weight excluding hydrogens is 871 g/mol. The highest BCUT2D eigenvalue weighted by Gasteiger charge is 2.28. The van der Waals surface area contributed by atoms with Gasteiger partial charge in [0.1, 0.15) is 0 Å². The van der Waals surface area contributed by atoms with Gasteiger partial charge in [0.15, 0.2) is 0 Å². The molecule has 0 aliphatic carbocycles. The first-order valence-corrected chi connectivity index (χ1v) is 26.6. The highest BCUT2D eigenvalue weighted by Crippen LogP contribution is 2.45. The van der Waals surface area contributed by atoms with E-state index in [9.17, 15) is 4.79 Å². The lowest BCUT2D eigenvalue weighted by atomic mass is 9.78. The van der Waals surface area contributed by atoms with Gasteiger partial charge in [-0.1, -0.05) is 252 Å². The lowest BCUT2D eigenvalue weighted by Crippen LogP contribution is -2.24. The van der Waals surface area contributed by atoms with Crippen molar-refractivity contribution in [2.24, 2.45) is 0 Å². The van der Waals surface area contributed by atoms with E-state index in [0.29, 0.717) is 13.0 Å². The van der Waals surface area contributed by atoms with Gasteiger partial charge < -0.3 is 4.90 Å². The quantitative estimate of drug-likeness (QED) is 0.156. The van der Waals surface area contributed by atoms with Gasteiger partial charge in [0, 0.05) is 18.5 Å². The molecule has 7 aromatic carbocycles. The highest BCUT2D eigenvalue weighted by atomic mass is 16.2. The van der Waals surface area contributed by atoms with Crippen molar-refractivity contribution >= 4 is 11.6 Å². The van der Waals surface area contributed by atoms with E-state index in [0.717, 1.165) is 45.5 Å². The second kappa shape index (κ2) is 18.8. The normalized spacial score (nSPS) is 14.1. The maximum absolute atomic E-state index is 13.9. The Kier molecular flexibility index (Phi) is 13.7. The Labute approximate surface area is 435 Å². The number of nitrogens with zero attached hydrogens (tertiary/aromatic N) is 1. The van der Waals surface area contributed by atoms with Crippen LogP contribution in [0.5, 0.6) is 0 Å². The lowest BCUT2D eigenvalue weighted by molar-refractivity contribution is -0.117. The van der Waals surface area contributed by atoms with Crippen molar-refractivity contribution in [3.63, 3.8) is 0 Å². The van der Waals surface area contributed by atoms with Gasteiger partial charge in [0.25, 0.3) is 0 Å². The Balaban J connectivity index is 1.31. The van der Waals surface area contributed by atoms with E-state index < -0.39 is 0 Å². The first kappa shape index (κ1) is 52.3. The van der Waals surface area contributed by atoms with E-state index in [1.807, 2.05) is 4.90 Å². The van der Waals surface area contributed by atoms with E-state index in [4.69, 9.17) is 0 Å². The van der Waals surface area contributed by atoms with Gasteiger partial charge in [-0.15, -0.1) is 0 Å². The molecule has 0 aromatic heterocycles. The second-order valence-electron chi connectivity index (χ2n) is 27.2. The maximum atomic E-state index is 13.9. The van der Waals surface area contributed by atoms with Crippen LogP contribution < -0.4 is 4.90 Å². The first-order chi connectivity index (χ1) is 33.3. The molecule has 7 aromatic rings. The van der Waals surface area contributed by atoms with Gasteiger partial charge in [-0.2, -0.15) is 0 Å². The number of benzene rings is 7. The van der Waals surface area contributed by atoms with Gasteiger partial charge in [-0.05, 0) is 146 Å². The van der Waals surface area contributed by atoms with Crippen LogP contribution in [-0.2, 0) is 37.3 Å². The molecule has 8 rings (SSSR count). The van der Waals surface area contributed by atoms with Crippen LogP contribution in [-0.4, -0.2) is 12.5 Å². The average molecular weight is 954 g/mol.